The van der Waals surface area contributed by atoms with Crippen LogP contribution < -0.4 is 15.4 Å². The third kappa shape index (κ3) is 6.06. The van der Waals surface area contributed by atoms with Gasteiger partial charge in [0, 0.05) is 13.0 Å². The first-order valence-corrected chi connectivity index (χ1v) is 7.29. The molecule has 4 heteroatoms. The Morgan fingerprint density at radius 3 is 2.40 bits per heavy atom. The van der Waals surface area contributed by atoms with Gasteiger partial charge in [0.2, 0.25) is 5.91 Å². The molecular weight excluding hydrogens is 252 g/mol. The molecule has 1 aromatic rings. The van der Waals surface area contributed by atoms with E-state index >= 15 is 0 Å². The van der Waals surface area contributed by atoms with Gasteiger partial charge in [-0.1, -0.05) is 19.1 Å². The van der Waals surface area contributed by atoms with Gasteiger partial charge in [0.1, 0.15) is 5.75 Å². The molecule has 1 atom stereocenters. The molecule has 0 fully saturated rings. The summed E-state index contributed by atoms with van der Waals surface area (Å²) >= 11 is 0. The third-order valence-corrected chi connectivity index (χ3v) is 2.91. The Bertz CT molecular complexity index is 401. The number of nitrogens with one attached hydrogen (secondary N) is 2. The highest BCUT2D eigenvalue weighted by Gasteiger charge is 2.09. The molecule has 0 aliphatic heterocycles. The van der Waals surface area contributed by atoms with Crippen LogP contribution in [0.5, 0.6) is 5.75 Å². The quantitative estimate of drug-likeness (QED) is 0.719. The molecule has 2 N–H and O–H groups in total. The zero-order valence-electron chi connectivity index (χ0n) is 12.9. The van der Waals surface area contributed by atoms with Crippen LogP contribution in [0.1, 0.15) is 45.7 Å². The predicted molar refractivity (Wildman–Crippen MR) is 81.9 cm³/mol. The summed E-state index contributed by atoms with van der Waals surface area (Å²) in [6, 6.07) is 7.88. The fourth-order valence-electron chi connectivity index (χ4n) is 1.88. The van der Waals surface area contributed by atoms with E-state index in [2.05, 4.69) is 10.6 Å². The zero-order valence-corrected chi connectivity index (χ0v) is 12.9. The van der Waals surface area contributed by atoms with Crippen molar-refractivity contribution in [2.24, 2.45) is 0 Å². The van der Waals surface area contributed by atoms with E-state index < -0.39 is 0 Å². The topological polar surface area (TPSA) is 50.4 Å². The van der Waals surface area contributed by atoms with Crippen molar-refractivity contribution in [1.82, 2.24) is 10.6 Å². The molecule has 1 rings (SSSR count). The molecule has 0 aliphatic rings. The molecular formula is C16H26N2O2. The van der Waals surface area contributed by atoms with Crippen molar-refractivity contribution in [2.75, 3.05) is 13.1 Å². The lowest BCUT2D eigenvalue weighted by atomic mass is 10.1. The molecule has 0 saturated heterocycles. The predicted octanol–water partition coefficient (Wildman–Crippen LogP) is 2.65. The fourth-order valence-corrected chi connectivity index (χ4v) is 1.88. The molecule has 0 bridgehead atoms. The Balaban J connectivity index is 2.46. The highest BCUT2D eigenvalue weighted by Crippen LogP contribution is 2.18. The number of hydrogen-bond acceptors (Lipinski definition) is 3. The van der Waals surface area contributed by atoms with Crippen LogP contribution in [0.3, 0.4) is 0 Å². The number of amides is 1. The molecule has 4 nitrogen and oxygen atoms in total. The maximum Gasteiger partial charge on any atom is 0.221 e. The van der Waals surface area contributed by atoms with Crippen molar-refractivity contribution in [3.05, 3.63) is 29.8 Å². The van der Waals surface area contributed by atoms with Crippen LogP contribution >= 0.6 is 0 Å². The maximum atomic E-state index is 11.7. The van der Waals surface area contributed by atoms with Gasteiger partial charge in [0.05, 0.1) is 12.1 Å². The summed E-state index contributed by atoms with van der Waals surface area (Å²) in [6.07, 6.45) is 0.677. The minimum atomic E-state index is 0.0113. The Morgan fingerprint density at radius 2 is 1.85 bits per heavy atom. The molecule has 0 spiro atoms. The summed E-state index contributed by atoms with van der Waals surface area (Å²) in [4.78, 5) is 11.7. The second kappa shape index (κ2) is 8.59. The normalized spacial score (nSPS) is 12.2. The summed E-state index contributed by atoms with van der Waals surface area (Å²) < 4.78 is 5.60. The molecule has 112 valence electrons. The lowest BCUT2D eigenvalue weighted by Gasteiger charge is -2.16. The third-order valence-electron chi connectivity index (χ3n) is 2.91. The van der Waals surface area contributed by atoms with Gasteiger partial charge in [0.15, 0.2) is 0 Å². The first kappa shape index (κ1) is 16.5. The van der Waals surface area contributed by atoms with Crippen molar-refractivity contribution in [2.45, 2.75) is 46.3 Å². The van der Waals surface area contributed by atoms with Crippen molar-refractivity contribution in [1.29, 1.82) is 0 Å². The molecule has 0 aliphatic carbocycles. The van der Waals surface area contributed by atoms with E-state index in [1.807, 2.05) is 52.0 Å². The van der Waals surface area contributed by atoms with Gasteiger partial charge >= 0.3 is 0 Å². The van der Waals surface area contributed by atoms with Crippen LogP contribution in [0.15, 0.2) is 24.3 Å². The number of carbonyl (C=O) groups excluding carboxylic acids is 1. The van der Waals surface area contributed by atoms with Crippen molar-refractivity contribution < 1.29 is 9.53 Å². The molecule has 0 aromatic heterocycles. The number of hydrogen-bond donors (Lipinski definition) is 2. The Hall–Kier alpha value is -1.55. The smallest absolute Gasteiger partial charge is 0.221 e. The number of benzene rings is 1. The fraction of sp³-hybridized carbons (Fsp3) is 0.562. The van der Waals surface area contributed by atoms with Gasteiger partial charge in [-0.15, -0.1) is 0 Å². The Labute approximate surface area is 121 Å². The molecule has 1 aromatic carbocycles. The second-order valence-corrected chi connectivity index (χ2v) is 5.13. The van der Waals surface area contributed by atoms with Crippen LogP contribution in [0.4, 0.5) is 0 Å². The molecule has 0 heterocycles. The average Bonchev–Trinajstić information content (AvgIpc) is 2.39. The number of rotatable bonds is 8. The number of carbonyl (C=O) groups is 1. The lowest BCUT2D eigenvalue weighted by molar-refractivity contribution is -0.121. The van der Waals surface area contributed by atoms with Crippen LogP contribution in [0, 0.1) is 0 Å². The molecule has 0 radical (unpaired) electrons. The standard InChI is InChI=1S/C16H26N2O2/c1-5-17-11-10-16(19)18-13(4)14-6-8-15(9-7-14)20-12(2)3/h6-9,12-13,17H,5,10-11H2,1-4H3,(H,18,19). The summed E-state index contributed by atoms with van der Waals surface area (Å²) in [5.74, 6) is 0.926. The van der Waals surface area contributed by atoms with E-state index in [-0.39, 0.29) is 18.1 Å². The van der Waals surface area contributed by atoms with Gasteiger partial charge in [0.25, 0.3) is 0 Å². The molecule has 20 heavy (non-hydrogen) atoms. The van der Waals surface area contributed by atoms with E-state index in [0.29, 0.717) is 6.42 Å². The molecule has 0 saturated carbocycles. The molecule has 1 amide bonds. The van der Waals surface area contributed by atoms with Crippen molar-refractivity contribution >= 4 is 5.91 Å². The van der Waals surface area contributed by atoms with E-state index in [1.54, 1.807) is 0 Å². The monoisotopic (exact) mass is 278 g/mol. The zero-order chi connectivity index (χ0) is 15.0. The Kier molecular flexibility index (Phi) is 7.09. The van der Waals surface area contributed by atoms with E-state index in [1.165, 1.54) is 0 Å². The summed E-state index contributed by atoms with van der Waals surface area (Å²) in [5.41, 5.74) is 1.08. The average molecular weight is 278 g/mol. The summed E-state index contributed by atoms with van der Waals surface area (Å²) in [7, 11) is 0. The van der Waals surface area contributed by atoms with E-state index in [4.69, 9.17) is 4.74 Å². The largest absolute Gasteiger partial charge is 0.491 e. The maximum absolute atomic E-state index is 11.7. The van der Waals surface area contributed by atoms with Crippen molar-refractivity contribution in [3.8, 4) is 5.75 Å². The van der Waals surface area contributed by atoms with E-state index in [0.717, 1.165) is 24.4 Å². The lowest BCUT2D eigenvalue weighted by Crippen LogP contribution is -2.29. The Morgan fingerprint density at radius 1 is 1.20 bits per heavy atom. The minimum Gasteiger partial charge on any atom is -0.491 e. The molecule has 1 unspecified atom stereocenters. The number of ether oxygens (including phenoxy) is 1. The van der Waals surface area contributed by atoms with E-state index in [9.17, 15) is 4.79 Å². The first-order chi connectivity index (χ1) is 9.52. The summed E-state index contributed by atoms with van der Waals surface area (Å²) in [6.45, 7) is 9.63. The van der Waals surface area contributed by atoms with Gasteiger partial charge in [-0.2, -0.15) is 0 Å². The van der Waals surface area contributed by atoms with Crippen LogP contribution in [0.25, 0.3) is 0 Å². The van der Waals surface area contributed by atoms with Gasteiger partial charge in [-0.3, -0.25) is 4.79 Å². The van der Waals surface area contributed by atoms with Gasteiger partial charge < -0.3 is 15.4 Å². The highest BCUT2D eigenvalue weighted by molar-refractivity contribution is 5.76. The van der Waals surface area contributed by atoms with Gasteiger partial charge in [-0.25, -0.2) is 0 Å². The minimum absolute atomic E-state index is 0.0113. The SMILES string of the molecule is CCNCCC(=O)NC(C)c1ccc(OC(C)C)cc1. The second-order valence-electron chi connectivity index (χ2n) is 5.13. The van der Waals surface area contributed by atoms with Crippen LogP contribution in [0.2, 0.25) is 0 Å². The van der Waals surface area contributed by atoms with Crippen LogP contribution in [-0.4, -0.2) is 25.1 Å². The summed E-state index contributed by atoms with van der Waals surface area (Å²) in [5, 5.41) is 6.14. The van der Waals surface area contributed by atoms with Crippen LogP contribution in [-0.2, 0) is 4.79 Å². The highest BCUT2D eigenvalue weighted by atomic mass is 16.5. The first-order valence-electron chi connectivity index (χ1n) is 7.29. The van der Waals surface area contributed by atoms with Crippen molar-refractivity contribution in [3.63, 3.8) is 0 Å². The van der Waals surface area contributed by atoms with Gasteiger partial charge in [-0.05, 0) is 45.0 Å².